The topological polar surface area (TPSA) is 81.1 Å². The minimum Gasteiger partial charge on any atom is -0.385 e. The zero-order valence-corrected chi connectivity index (χ0v) is 14.6. The van der Waals surface area contributed by atoms with Crippen LogP contribution in [0.15, 0.2) is 6.20 Å². The van der Waals surface area contributed by atoms with Crippen LogP contribution in [0.5, 0.6) is 0 Å². The van der Waals surface area contributed by atoms with Gasteiger partial charge in [0, 0.05) is 20.3 Å². The zero-order valence-electron chi connectivity index (χ0n) is 14.6. The fourth-order valence-electron chi connectivity index (χ4n) is 3.95. The Kier molecular flexibility index (Phi) is 5.84. The van der Waals surface area contributed by atoms with E-state index in [1.54, 1.807) is 13.3 Å². The van der Waals surface area contributed by atoms with Crippen molar-refractivity contribution in [1.82, 2.24) is 25.6 Å². The molecule has 2 aliphatic rings. The Morgan fingerprint density at radius 1 is 1.42 bits per heavy atom. The van der Waals surface area contributed by atoms with E-state index >= 15 is 0 Å². The number of aromatic nitrogens is 3. The fraction of sp³-hybridized carbons (Fsp3) is 0.824. The lowest BCUT2D eigenvalue weighted by molar-refractivity contribution is 0.0898. The quantitative estimate of drug-likeness (QED) is 0.790. The van der Waals surface area contributed by atoms with Gasteiger partial charge in [0.15, 0.2) is 5.69 Å². The van der Waals surface area contributed by atoms with Gasteiger partial charge in [-0.2, -0.15) is 0 Å². The molecule has 0 atom stereocenters. The van der Waals surface area contributed by atoms with Crippen molar-refractivity contribution in [3.8, 4) is 0 Å². The number of rotatable bonds is 7. The summed E-state index contributed by atoms with van der Waals surface area (Å²) in [6, 6.07) is 0.350. The number of carbonyl (C=O) groups excluding carboxylic acids is 1. The second-order valence-corrected chi connectivity index (χ2v) is 7.20. The van der Waals surface area contributed by atoms with E-state index in [0.29, 0.717) is 18.3 Å². The minimum absolute atomic E-state index is 0.112. The molecular weight excluding hydrogens is 306 g/mol. The zero-order chi connectivity index (χ0) is 16.8. The maximum atomic E-state index is 12.4. The van der Waals surface area contributed by atoms with Crippen LogP contribution in [0.2, 0.25) is 0 Å². The van der Waals surface area contributed by atoms with Gasteiger partial charge in [0.1, 0.15) is 0 Å². The van der Waals surface area contributed by atoms with Crippen LogP contribution in [0.3, 0.4) is 0 Å². The van der Waals surface area contributed by atoms with Gasteiger partial charge in [0.25, 0.3) is 5.91 Å². The van der Waals surface area contributed by atoms with Crippen molar-refractivity contribution in [2.45, 2.75) is 51.0 Å². The molecule has 0 bridgehead atoms. The third kappa shape index (κ3) is 4.13. The lowest BCUT2D eigenvalue weighted by Gasteiger charge is -2.28. The Morgan fingerprint density at radius 3 is 2.88 bits per heavy atom. The highest BCUT2D eigenvalue weighted by Crippen LogP contribution is 2.40. The molecule has 24 heavy (non-hydrogen) atoms. The SMILES string of the molecule is COCCC1(CNC(=O)c2cn(C3CCNCC3)nn2)CCCC1. The van der Waals surface area contributed by atoms with E-state index < -0.39 is 0 Å². The molecule has 134 valence electrons. The van der Waals surface area contributed by atoms with Gasteiger partial charge in [0.05, 0.1) is 12.2 Å². The molecule has 0 radical (unpaired) electrons. The fourth-order valence-corrected chi connectivity index (χ4v) is 3.95. The summed E-state index contributed by atoms with van der Waals surface area (Å²) in [4.78, 5) is 12.4. The number of nitrogens with zero attached hydrogens (tertiary/aromatic N) is 3. The summed E-state index contributed by atoms with van der Waals surface area (Å²) in [5.74, 6) is -0.112. The van der Waals surface area contributed by atoms with E-state index in [4.69, 9.17) is 4.74 Å². The first kappa shape index (κ1) is 17.4. The van der Waals surface area contributed by atoms with E-state index in [1.165, 1.54) is 25.7 Å². The highest BCUT2D eigenvalue weighted by Gasteiger charge is 2.34. The molecule has 1 amide bonds. The summed E-state index contributed by atoms with van der Waals surface area (Å²) < 4.78 is 7.10. The van der Waals surface area contributed by atoms with Crippen molar-refractivity contribution in [3.05, 3.63) is 11.9 Å². The van der Waals surface area contributed by atoms with Crippen molar-refractivity contribution >= 4 is 5.91 Å². The van der Waals surface area contributed by atoms with Crippen LogP contribution in [0.25, 0.3) is 0 Å². The first-order valence-corrected chi connectivity index (χ1v) is 9.12. The first-order chi connectivity index (χ1) is 11.7. The Hall–Kier alpha value is -1.47. The molecule has 7 heteroatoms. The van der Waals surface area contributed by atoms with Gasteiger partial charge >= 0.3 is 0 Å². The molecule has 1 saturated carbocycles. The Morgan fingerprint density at radius 2 is 2.17 bits per heavy atom. The van der Waals surface area contributed by atoms with Gasteiger partial charge in [-0.1, -0.05) is 18.1 Å². The van der Waals surface area contributed by atoms with E-state index in [-0.39, 0.29) is 11.3 Å². The van der Waals surface area contributed by atoms with Crippen LogP contribution >= 0.6 is 0 Å². The summed E-state index contributed by atoms with van der Waals surface area (Å²) in [5, 5.41) is 14.7. The molecule has 2 N–H and O–H groups in total. The van der Waals surface area contributed by atoms with Crippen LogP contribution in [0.4, 0.5) is 0 Å². The summed E-state index contributed by atoms with van der Waals surface area (Å²) >= 11 is 0. The molecule has 0 spiro atoms. The van der Waals surface area contributed by atoms with Gasteiger partial charge in [-0.15, -0.1) is 5.10 Å². The average Bonchev–Trinajstić information content (AvgIpc) is 3.29. The van der Waals surface area contributed by atoms with E-state index in [1.807, 2.05) is 4.68 Å². The summed E-state index contributed by atoms with van der Waals surface area (Å²) in [5.41, 5.74) is 0.616. The summed E-state index contributed by atoms with van der Waals surface area (Å²) in [6.07, 6.45) is 9.68. The van der Waals surface area contributed by atoms with E-state index in [0.717, 1.165) is 39.0 Å². The van der Waals surface area contributed by atoms with Gasteiger partial charge in [0.2, 0.25) is 0 Å². The first-order valence-electron chi connectivity index (χ1n) is 9.12. The van der Waals surface area contributed by atoms with Gasteiger partial charge < -0.3 is 15.4 Å². The van der Waals surface area contributed by atoms with Crippen molar-refractivity contribution in [2.75, 3.05) is 33.4 Å². The lowest BCUT2D eigenvalue weighted by atomic mass is 9.83. The molecule has 2 fully saturated rings. The predicted molar refractivity (Wildman–Crippen MR) is 90.9 cm³/mol. The van der Waals surface area contributed by atoms with E-state index in [9.17, 15) is 4.79 Å². The summed E-state index contributed by atoms with van der Waals surface area (Å²) in [6.45, 7) is 3.44. The molecule has 7 nitrogen and oxygen atoms in total. The Bertz CT molecular complexity index is 533. The predicted octanol–water partition coefficient (Wildman–Crippen LogP) is 1.53. The number of hydrogen-bond acceptors (Lipinski definition) is 5. The molecule has 1 aromatic rings. The number of hydrogen-bond donors (Lipinski definition) is 2. The lowest BCUT2D eigenvalue weighted by Crippen LogP contribution is -2.37. The van der Waals surface area contributed by atoms with Crippen molar-refractivity contribution in [1.29, 1.82) is 0 Å². The highest BCUT2D eigenvalue weighted by atomic mass is 16.5. The molecule has 1 saturated heterocycles. The second-order valence-electron chi connectivity index (χ2n) is 7.20. The monoisotopic (exact) mass is 335 g/mol. The molecule has 2 heterocycles. The number of methoxy groups -OCH3 is 1. The van der Waals surface area contributed by atoms with E-state index in [2.05, 4.69) is 20.9 Å². The van der Waals surface area contributed by atoms with Gasteiger partial charge in [-0.3, -0.25) is 4.79 Å². The average molecular weight is 335 g/mol. The smallest absolute Gasteiger partial charge is 0.273 e. The number of piperidine rings is 1. The number of carbonyl (C=O) groups is 1. The molecule has 3 rings (SSSR count). The standard InChI is InChI=1S/C17H29N5O2/c1-24-11-8-17(6-2-3-7-17)13-19-16(23)15-12-22(21-20-15)14-4-9-18-10-5-14/h12,14,18H,2-11,13H2,1H3,(H,19,23). The Balaban J connectivity index is 1.55. The van der Waals surface area contributed by atoms with Crippen LogP contribution in [0, 0.1) is 5.41 Å². The molecule has 1 aromatic heterocycles. The normalized spacial score (nSPS) is 21.0. The van der Waals surface area contributed by atoms with Crippen LogP contribution in [-0.2, 0) is 4.74 Å². The molecule has 0 aromatic carbocycles. The third-order valence-corrected chi connectivity index (χ3v) is 5.55. The highest BCUT2D eigenvalue weighted by molar-refractivity contribution is 5.91. The Labute approximate surface area is 143 Å². The van der Waals surface area contributed by atoms with Crippen molar-refractivity contribution in [3.63, 3.8) is 0 Å². The number of ether oxygens (including phenoxy) is 1. The molecule has 1 aliphatic carbocycles. The van der Waals surface area contributed by atoms with Crippen LogP contribution in [-0.4, -0.2) is 54.3 Å². The molecular formula is C17H29N5O2. The second kappa shape index (κ2) is 8.07. The largest absolute Gasteiger partial charge is 0.385 e. The number of amides is 1. The van der Waals surface area contributed by atoms with Crippen LogP contribution in [0.1, 0.15) is 61.5 Å². The number of nitrogens with one attached hydrogen (secondary N) is 2. The summed E-state index contributed by atoms with van der Waals surface area (Å²) in [7, 11) is 1.74. The third-order valence-electron chi connectivity index (χ3n) is 5.55. The maximum Gasteiger partial charge on any atom is 0.273 e. The van der Waals surface area contributed by atoms with Crippen molar-refractivity contribution in [2.24, 2.45) is 5.41 Å². The minimum atomic E-state index is -0.112. The van der Waals surface area contributed by atoms with Gasteiger partial charge in [-0.05, 0) is 50.6 Å². The molecule has 1 aliphatic heterocycles. The molecule has 0 unspecified atom stereocenters. The van der Waals surface area contributed by atoms with Gasteiger partial charge in [-0.25, -0.2) is 4.68 Å². The van der Waals surface area contributed by atoms with Crippen molar-refractivity contribution < 1.29 is 9.53 Å². The van der Waals surface area contributed by atoms with Crippen LogP contribution < -0.4 is 10.6 Å². The maximum absolute atomic E-state index is 12.4.